The fourth-order valence-electron chi connectivity index (χ4n) is 2.85. The molecule has 20 heavy (non-hydrogen) atoms. The Bertz CT molecular complexity index is 425. The summed E-state index contributed by atoms with van der Waals surface area (Å²) in [5, 5.41) is 3.94. The summed E-state index contributed by atoms with van der Waals surface area (Å²) in [7, 11) is 0. The van der Waals surface area contributed by atoms with Crippen molar-refractivity contribution in [1.29, 1.82) is 0 Å². The molecule has 0 spiro atoms. The molecule has 2 nitrogen and oxygen atoms in total. The van der Waals surface area contributed by atoms with Gasteiger partial charge in [0.15, 0.2) is 0 Å². The molecule has 110 valence electrons. The number of halogens is 1. The molecule has 0 saturated heterocycles. The molecule has 0 aromatic heterocycles. The van der Waals surface area contributed by atoms with E-state index in [1.165, 1.54) is 32.1 Å². The zero-order chi connectivity index (χ0) is 14.2. The summed E-state index contributed by atoms with van der Waals surface area (Å²) in [5.74, 6) is 0.176. The number of carbonyl (C=O) groups excluding carboxylic acids is 1. The monoisotopic (exact) mass is 293 g/mol. The Kier molecular flexibility index (Phi) is 6.38. The standard InChI is InChI=1S/C17H24ClNO/c18-15-8-6-7-14(13-15)11-12-17(20)19-16-9-4-2-1-3-5-10-16/h6-8,13,16H,1-5,9-12H2,(H,19,20). The summed E-state index contributed by atoms with van der Waals surface area (Å²) in [6.45, 7) is 0. The quantitative estimate of drug-likeness (QED) is 0.870. The number of hydrogen-bond donors (Lipinski definition) is 1. The van der Waals surface area contributed by atoms with Gasteiger partial charge in [0, 0.05) is 17.5 Å². The highest BCUT2D eigenvalue weighted by molar-refractivity contribution is 6.30. The van der Waals surface area contributed by atoms with Crippen LogP contribution in [0.4, 0.5) is 0 Å². The van der Waals surface area contributed by atoms with E-state index in [-0.39, 0.29) is 5.91 Å². The predicted octanol–water partition coefficient (Wildman–Crippen LogP) is 4.50. The van der Waals surface area contributed by atoms with Crippen LogP contribution in [0.15, 0.2) is 24.3 Å². The van der Waals surface area contributed by atoms with Gasteiger partial charge in [-0.2, -0.15) is 0 Å². The second kappa shape index (κ2) is 8.31. The van der Waals surface area contributed by atoms with Gasteiger partial charge in [0.25, 0.3) is 0 Å². The van der Waals surface area contributed by atoms with Crippen molar-refractivity contribution in [3.05, 3.63) is 34.9 Å². The lowest BCUT2D eigenvalue weighted by Crippen LogP contribution is -2.35. The molecule has 1 aromatic carbocycles. The van der Waals surface area contributed by atoms with E-state index in [2.05, 4.69) is 5.32 Å². The molecule has 1 aliphatic rings. The number of rotatable bonds is 4. The average Bonchev–Trinajstić information content (AvgIpc) is 2.39. The minimum absolute atomic E-state index is 0.176. The average molecular weight is 294 g/mol. The van der Waals surface area contributed by atoms with E-state index in [9.17, 15) is 4.79 Å². The second-order valence-electron chi connectivity index (χ2n) is 5.74. The predicted molar refractivity (Wildman–Crippen MR) is 84.0 cm³/mol. The first kappa shape index (κ1) is 15.4. The van der Waals surface area contributed by atoms with Gasteiger partial charge in [0.1, 0.15) is 0 Å². The molecule has 0 unspecified atom stereocenters. The molecule has 0 atom stereocenters. The van der Waals surface area contributed by atoms with Gasteiger partial charge in [-0.1, -0.05) is 55.8 Å². The van der Waals surface area contributed by atoms with Crippen molar-refractivity contribution in [2.45, 2.75) is 63.8 Å². The summed E-state index contributed by atoms with van der Waals surface area (Å²) in [6, 6.07) is 8.14. The molecule has 1 saturated carbocycles. The van der Waals surface area contributed by atoms with Crippen molar-refractivity contribution in [3.8, 4) is 0 Å². The minimum Gasteiger partial charge on any atom is -0.353 e. The largest absolute Gasteiger partial charge is 0.353 e. The Morgan fingerprint density at radius 1 is 1.15 bits per heavy atom. The van der Waals surface area contributed by atoms with Gasteiger partial charge in [-0.25, -0.2) is 0 Å². The van der Waals surface area contributed by atoms with Crippen LogP contribution in [-0.4, -0.2) is 11.9 Å². The highest BCUT2D eigenvalue weighted by Crippen LogP contribution is 2.17. The fraction of sp³-hybridized carbons (Fsp3) is 0.588. The van der Waals surface area contributed by atoms with Crippen molar-refractivity contribution < 1.29 is 4.79 Å². The van der Waals surface area contributed by atoms with Gasteiger partial charge in [-0.3, -0.25) is 4.79 Å². The van der Waals surface area contributed by atoms with Crippen molar-refractivity contribution in [2.75, 3.05) is 0 Å². The zero-order valence-corrected chi connectivity index (χ0v) is 12.8. The van der Waals surface area contributed by atoms with Crippen LogP contribution in [0, 0.1) is 0 Å². The first-order valence-electron chi connectivity index (χ1n) is 7.78. The molecule has 0 bridgehead atoms. The molecule has 0 aliphatic heterocycles. The number of hydrogen-bond acceptors (Lipinski definition) is 1. The van der Waals surface area contributed by atoms with E-state index in [0.29, 0.717) is 12.5 Å². The summed E-state index contributed by atoms with van der Waals surface area (Å²) < 4.78 is 0. The molecule has 0 heterocycles. The Morgan fingerprint density at radius 3 is 2.55 bits per heavy atom. The van der Waals surface area contributed by atoms with Crippen LogP contribution in [-0.2, 0) is 11.2 Å². The molecule has 2 rings (SSSR count). The van der Waals surface area contributed by atoms with Gasteiger partial charge in [0.2, 0.25) is 5.91 Å². The molecule has 0 radical (unpaired) electrons. The first-order valence-corrected chi connectivity index (χ1v) is 8.15. The number of amides is 1. The third kappa shape index (κ3) is 5.54. The van der Waals surface area contributed by atoms with Gasteiger partial charge in [-0.05, 0) is 37.0 Å². The maximum Gasteiger partial charge on any atom is 0.220 e. The lowest BCUT2D eigenvalue weighted by atomic mass is 9.96. The first-order chi connectivity index (χ1) is 9.74. The van der Waals surface area contributed by atoms with E-state index < -0.39 is 0 Å². The second-order valence-corrected chi connectivity index (χ2v) is 6.18. The topological polar surface area (TPSA) is 29.1 Å². The number of nitrogens with one attached hydrogen (secondary N) is 1. The van der Waals surface area contributed by atoms with Crippen LogP contribution < -0.4 is 5.32 Å². The molecular formula is C17H24ClNO. The van der Waals surface area contributed by atoms with Crippen molar-refractivity contribution in [3.63, 3.8) is 0 Å². The number of benzene rings is 1. The Balaban J connectivity index is 1.74. The van der Waals surface area contributed by atoms with Crippen molar-refractivity contribution in [1.82, 2.24) is 5.32 Å². The maximum atomic E-state index is 12.0. The molecule has 1 aromatic rings. The smallest absolute Gasteiger partial charge is 0.220 e. The summed E-state index contributed by atoms with van der Waals surface area (Å²) in [4.78, 5) is 12.0. The van der Waals surface area contributed by atoms with Gasteiger partial charge in [0.05, 0.1) is 0 Å². The van der Waals surface area contributed by atoms with Crippen LogP contribution in [0.2, 0.25) is 5.02 Å². The highest BCUT2D eigenvalue weighted by atomic mass is 35.5. The summed E-state index contributed by atoms with van der Waals surface area (Å²) in [6.07, 6.45) is 10.1. The minimum atomic E-state index is 0.176. The van der Waals surface area contributed by atoms with Gasteiger partial charge in [-0.15, -0.1) is 0 Å². The summed E-state index contributed by atoms with van der Waals surface area (Å²) in [5.41, 5.74) is 1.13. The van der Waals surface area contributed by atoms with Gasteiger partial charge < -0.3 is 5.32 Å². The lowest BCUT2D eigenvalue weighted by molar-refractivity contribution is -0.121. The molecule has 1 N–H and O–H groups in total. The van der Waals surface area contributed by atoms with Crippen LogP contribution in [0.25, 0.3) is 0 Å². The molecule has 3 heteroatoms. The van der Waals surface area contributed by atoms with Crippen LogP contribution in [0.3, 0.4) is 0 Å². The molecular weight excluding hydrogens is 270 g/mol. The Hall–Kier alpha value is -1.02. The van der Waals surface area contributed by atoms with Crippen LogP contribution in [0.5, 0.6) is 0 Å². The van der Waals surface area contributed by atoms with Crippen molar-refractivity contribution in [2.24, 2.45) is 0 Å². The molecule has 1 aliphatic carbocycles. The van der Waals surface area contributed by atoms with Crippen LogP contribution >= 0.6 is 11.6 Å². The molecule has 1 fully saturated rings. The van der Waals surface area contributed by atoms with Crippen LogP contribution in [0.1, 0.15) is 56.9 Å². The lowest BCUT2D eigenvalue weighted by Gasteiger charge is -2.21. The normalized spacial score (nSPS) is 17.2. The van der Waals surface area contributed by atoms with E-state index in [0.717, 1.165) is 29.8 Å². The highest BCUT2D eigenvalue weighted by Gasteiger charge is 2.13. The SMILES string of the molecule is O=C(CCc1cccc(Cl)c1)NC1CCCCCCC1. The maximum absolute atomic E-state index is 12.0. The summed E-state index contributed by atoms with van der Waals surface area (Å²) >= 11 is 5.95. The van der Waals surface area contributed by atoms with E-state index in [1.54, 1.807) is 0 Å². The van der Waals surface area contributed by atoms with E-state index in [4.69, 9.17) is 11.6 Å². The third-order valence-corrected chi connectivity index (χ3v) is 4.24. The third-order valence-electron chi connectivity index (χ3n) is 4.00. The number of aryl methyl sites for hydroxylation is 1. The molecule has 1 amide bonds. The Morgan fingerprint density at radius 2 is 1.85 bits per heavy atom. The van der Waals surface area contributed by atoms with Gasteiger partial charge >= 0.3 is 0 Å². The fourth-order valence-corrected chi connectivity index (χ4v) is 3.06. The van der Waals surface area contributed by atoms with E-state index >= 15 is 0 Å². The number of carbonyl (C=O) groups is 1. The Labute approximate surface area is 126 Å². The zero-order valence-electron chi connectivity index (χ0n) is 12.0. The van der Waals surface area contributed by atoms with E-state index in [1.807, 2.05) is 24.3 Å². The van der Waals surface area contributed by atoms with Crippen molar-refractivity contribution >= 4 is 17.5 Å².